The second kappa shape index (κ2) is 8.45. The van der Waals surface area contributed by atoms with Crippen LogP contribution in [-0.2, 0) is 14.3 Å². The van der Waals surface area contributed by atoms with Crippen LogP contribution < -0.4 is 10.6 Å². The van der Waals surface area contributed by atoms with Crippen LogP contribution in [0.3, 0.4) is 0 Å². The molecule has 0 aromatic rings. The van der Waals surface area contributed by atoms with Crippen molar-refractivity contribution in [1.82, 2.24) is 10.6 Å². The van der Waals surface area contributed by atoms with Crippen molar-refractivity contribution in [3.63, 3.8) is 0 Å². The number of hydrogen-bond donors (Lipinski definition) is 2. The zero-order chi connectivity index (χ0) is 14.2. The van der Waals surface area contributed by atoms with E-state index >= 15 is 0 Å². The summed E-state index contributed by atoms with van der Waals surface area (Å²) in [6.45, 7) is 9.06. The minimum atomic E-state index is -0.218. The topological polar surface area (TPSA) is 59.6 Å². The van der Waals surface area contributed by atoms with Crippen molar-refractivity contribution >= 4 is 5.91 Å². The molecule has 0 saturated heterocycles. The van der Waals surface area contributed by atoms with Gasteiger partial charge in [-0.25, -0.2) is 0 Å². The fourth-order valence-corrected chi connectivity index (χ4v) is 1.81. The van der Waals surface area contributed by atoms with Crippen molar-refractivity contribution in [3.8, 4) is 0 Å². The summed E-state index contributed by atoms with van der Waals surface area (Å²) in [4.78, 5) is 11.7. The first-order valence-electron chi connectivity index (χ1n) is 6.40. The molecule has 5 heteroatoms. The zero-order valence-electron chi connectivity index (χ0n) is 12.5. The van der Waals surface area contributed by atoms with Crippen LogP contribution in [-0.4, -0.2) is 51.0 Å². The Balaban J connectivity index is 3.99. The third kappa shape index (κ3) is 7.63. The van der Waals surface area contributed by atoms with Crippen LogP contribution >= 0.6 is 0 Å². The lowest BCUT2D eigenvalue weighted by Gasteiger charge is -2.28. The van der Waals surface area contributed by atoms with Crippen molar-refractivity contribution < 1.29 is 14.3 Å². The minimum Gasteiger partial charge on any atom is -0.383 e. The fourth-order valence-electron chi connectivity index (χ4n) is 1.81. The molecule has 0 radical (unpaired) electrons. The Labute approximate surface area is 111 Å². The van der Waals surface area contributed by atoms with Crippen molar-refractivity contribution in [2.24, 2.45) is 0 Å². The summed E-state index contributed by atoms with van der Waals surface area (Å²) in [7, 11) is 3.32. The Kier molecular flexibility index (Phi) is 8.15. The van der Waals surface area contributed by atoms with Crippen LogP contribution in [0.25, 0.3) is 0 Å². The Hall–Kier alpha value is -0.650. The predicted octanol–water partition coefficient (Wildman–Crippen LogP) is 0.931. The zero-order valence-corrected chi connectivity index (χ0v) is 12.5. The molecule has 2 unspecified atom stereocenters. The molecule has 0 aliphatic carbocycles. The number of carbonyl (C=O) groups is 1. The molecule has 0 spiro atoms. The number of ether oxygens (including phenoxy) is 2. The van der Waals surface area contributed by atoms with E-state index in [4.69, 9.17) is 9.47 Å². The molecule has 0 aromatic heterocycles. The first kappa shape index (κ1) is 17.4. The fraction of sp³-hybridized carbons (Fsp3) is 0.923. The van der Waals surface area contributed by atoms with Crippen molar-refractivity contribution in [3.05, 3.63) is 0 Å². The summed E-state index contributed by atoms with van der Waals surface area (Å²) < 4.78 is 10.3. The number of hydrogen-bond acceptors (Lipinski definition) is 4. The number of carbonyl (C=O) groups excluding carboxylic acids is 1. The van der Waals surface area contributed by atoms with E-state index in [9.17, 15) is 4.79 Å². The highest BCUT2D eigenvalue weighted by Crippen LogP contribution is 2.15. The van der Waals surface area contributed by atoms with Gasteiger partial charge in [0.1, 0.15) is 0 Å². The summed E-state index contributed by atoms with van der Waals surface area (Å²) in [5.41, 5.74) is -0.182. The van der Waals surface area contributed by atoms with Gasteiger partial charge < -0.3 is 20.1 Å². The van der Waals surface area contributed by atoms with Crippen LogP contribution in [0.5, 0.6) is 0 Å². The standard InChI is InChI=1S/C13H28N2O3/c1-10(9-13(3,4)18-6)15-11(2)12(16)14-7-8-17-5/h10-11,15H,7-9H2,1-6H3,(H,14,16). The van der Waals surface area contributed by atoms with Gasteiger partial charge in [-0.15, -0.1) is 0 Å². The summed E-state index contributed by atoms with van der Waals surface area (Å²) >= 11 is 0. The van der Waals surface area contributed by atoms with Gasteiger partial charge in [0.2, 0.25) is 5.91 Å². The van der Waals surface area contributed by atoms with E-state index in [-0.39, 0.29) is 23.6 Å². The molecule has 0 fully saturated rings. The molecular weight excluding hydrogens is 232 g/mol. The van der Waals surface area contributed by atoms with Crippen LogP contribution in [0, 0.1) is 0 Å². The van der Waals surface area contributed by atoms with E-state index in [1.807, 2.05) is 20.8 Å². The molecule has 2 N–H and O–H groups in total. The SMILES string of the molecule is COCCNC(=O)C(C)NC(C)CC(C)(C)OC. The van der Waals surface area contributed by atoms with Gasteiger partial charge in [0.25, 0.3) is 0 Å². The highest BCUT2D eigenvalue weighted by Gasteiger charge is 2.22. The maximum absolute atomic E-state index is 11.7. The van der Waals surface area contributed by atoms with Crippen LogP contribution in [0.1, 0.15) is 34.1 Å². The molecular formula is C13H28N2O3. The number of rotatable bonds is 9. The monoisotopic (exact) mass is 260 g/mol. The highest BCUT2D eigenvalue weighted by atomic mass is 16.5. The molecule has 108 valence electrons. The lowest BCUT2D eigenvalue weighted by atomic mass is 9.99. The molecule has 0 aliphatic heterocycles. The Bertz CT molecular complexity index is 244. The maximum Gasteiger partial charge on any atom is 0.236 e. The van der Waals surface area contributed by atoms with Crippen LogP contribution in [0.2, 0.25) is 0 Å². The molecule has 0 saturated carbocycles. The van der Waals surface area contributed by atoms with Crippen molar-refractivity contribution in [2.75, 3.05) is 27.4 Å². The van der Waals surface area contributed by atoms with Gasteiger partial charge in [-0.1, -0.05) is 0 Å². The summed E-state index contributed by atoms with van der Waals surface area (Å²) in [5, 5.41) is 6.07. The molecule has 0 aliphatic rings. The van der Waals surface area contributed by atoms with E-state index in [1.165, 1.54) is 0 Å². The van der Waals surface area contributed by atoms with E-state index in [1.54, 1.807) is 14.2 Å². The second-order valence-electron chi connectivity index (χ2n) is 5.24. The smallest absolute Gasteiger partial charge is 0.236 e. The van der Waals surface area contributed by atoms with E-state index < -0.39 is 0 Å². The molecule has 0 heterocycles. The molecule has 18 heavy (non-hydrogen) atoms. The maximum atomic E-state index is 11.7. The molecule has 0 rings (SSSR count). The predicted molar refractivity (Wildman–Crippen MR) is 72.7 cm³/mol. The lowest BCUT2D eigenvalue weighted by molar-refractivity contribution is -0.123. The Morgan fingerprint density at radius 1 is 1.28 bits per heavy atom. The van der Waals surface area contributed by atoms with Crippen LogP contribution in [0.4, 0.5) is 0 Å². The number of amides is 1. The first-order chi connectivity index (χ1) is 8.32. The third-order valence-electron chi connectivity index (χ3n) is 2.88. The number of methoxy groups -OCH3 is 2. The van der Waals surface area contributed by atoms with E-state index in [0.717, 1.165) is 6.42 Å². The van der Waals surface area contributed by atoms with Gasteiger partial charge in [0.05, 0.1) is 18.2 Å². The normalized spacial score (nSPS) is 15.2. The van der Waals surface area contributed by atoms with Gasteiger partial charge in [0.15, 0.2) is 0 Å². The molecule has 0 bridgehead atoms. The lowest BCUT2D eigenvalue weighted by Crippen LogP contribution is -2.48. The van der Waals surface area contributed by atoms with Gasteiger partial charge in [-0.05, 0) is 34.1 Å². The van der Waals surface area contributed by atoms with Crippen molar-refractivity contribution in [1.29, 1.82) is 0 Å². The van der Waals surface area contributed by atoms with Gasteiger partial charge in [-0.3, -0.25) is 4.79 Å². The molecule has 1 amide bonds. The average Bonchev–Trinajstić information content (AvgIpc) is 2.28. The molecule has 0 aromatic carbocycles. The third-order valence-corrected chi connectivity index (χ3v) is 2.88. The highest BCUT2D eigenvalue weighted by molar-refractivity contribution is 5.81. The van der Waals surface area contributed by atoms with Gasteiger partial charge in [-0.2, -0.15) is 0 Å². The van der Waals surface area contributed by atoms with Gasteiger partial charge in [0, 0.05) is 26.8 Å². The number of nitrogens with one attached hydrogen (secondary N) is 2. The first-order valence-corrected chi connectivity index (χ1v) is 6.40. The van der Waals surface area contributed by atoms with E-state index in [0.29, 0.717) is 13.2 Å². The summed E-state index contributed by atoms with van der Waals surface area (Å²) in [6.07, 6.45) is 0.846. The Morgan fingerprint density at radius 2 is 1.89 bits per heavy atom. The second-order valence-corrected chi connectivity index (χ2v) is 5.24. The van der Waals surface area contributed by atoms with Gasteiger partial charge >= 0.3 is 0 Å². The Morgan fingerprint density at radius 3 is 2.39 bits per heavy atom. The summed E-state index contributed by atoms with van der Waals surface area (Å²) in [5.74, 6) is -0.00544. The van der Waals surface area contributed by atoms with Crippen LogP contribution in [0.15, 0.2) is 0 Å². The largest absolute Gasteiger partial charge is 0.383 e. The molecule has 5 nitrogen and oxygen atoms in total. The quantitative estimate of drug-likeness (QED) is 0.606. The molecule has 2 atom stereocenters. The van der Waals surface area contributed by atoms with Crippen molar-refractivity contribution in [2.45, 2.75) is 51.8 Å². The summed E-state index contributed by atoms with van der Waals surface area (Å²) in [6, 6.07) is -0.00682. The average molecular weight is 260 g/mol. The minimum absolute atomic E-state index is 0.00544. The van der Waals surface area contributed by atoms with E-state index in [2.05, 4.69) is 17.6 Å².